The summed E-state index contributed by atoms with van der Waals surface area (Å²) in [7, 11) is 1.67. The van der Waals surface area contributed by atoms with Crippen LogP contribution in [0.15, 0.2) is 42.5 Å². The molecule has 2 aromatic carbocycles. The zero-order valence-electron chi connectivity index (χ0n) is 22.1. The first kappa shape index (κ1) is 26.8. The fraction of sp³-hybridized carbons (Fsp3) is 0.419. The van der Waals surface area contributed by atoms with Gasteiger partial charge in [0.1, 0.15) is 5.75 Å². The van der Waals surface area contributed by atoms with Crippen LogP contribution >= 0.6 is 23.2 Å². The number of halogens is 2. The van der Waals surface area contributed by atoms with Gasteiger partial charge >= 0.3 is 0 Å². The van der Waals surface area contributed by atoms with E-state index in [1.165, 1.54) is 32.1 Å². The number of ether oxygens (including phenoxy) is 1. The number of rotatable bonds is 6. The first-order valence-corrected chi connectivity index (χ1v) is 14.4. The van der Waals surface area contributed by atoms with Gasteiger partial charge in [-0.05, 0) is 98.9 Å². The molecule has 5 rings (SSSR count). The van der Waals surface area contributed by atoms with Crippen LogP contribution in [0, 0.1) is 5.92 Å². The average molecular weight is 553 g/mol. The zero-order chi connectivity index (χ0) is 26.6. The molecule has 2 aliphatic carbocycles. The van der Waals surface area contributed by atoms with Crippen LogP contribution < -0.4 is 10.1 Å². The molecule has 0 bridgehead atoms. The number of carbonyl (C=O) groups is 1. The minimum Gasteiger partial charge on any atom is -0.497 e. The van der Waals surface area contributed by atoms with Gasteiger partial charge in [-0.1, -0.05) is 54.6 Å². The molecule has 200 valence electrons. The van der Waals surface area contributed by atoms with Crippen molar-refractivity contribution < 1.29 is 9.53 Å². The third-order valence-corrected chi connectivity index (χ3v) is 8.47. The number of allylic oxidation sites excluding steroid dienone is 1. The zero-order valence-corrected chi connectivity index (χ0v) is 23.6. The van der Waals surface area contributed by atoms with E-state index in [1.54, 1.807) is 13.2 Å². The number of methoxy groups -OCH3 is 1. The van der Waals surface area contributed by atoms with E-state index in [4.69, 9.17) is 33.0 Å². The Hall–Kier alpha value is -2.76. The van der Waals surface area contributed by atoms with Crippen LogP contribution in [0.1, 0.15) is 85.6 Å². The number of amides is 1. The number of nitrogens with one attached hydrogen (secondary N) is 1. The molecule has 3 aromatic rings. The second-order valence-electron chi connectivity index (χ2n) is 10.5. The van der Waals surface area contributed by atoms with Gasteiger partial charge in [-0.25, -0.2) is 4.68 Å². The lowest BCUT2D eigenvalue weighted by molar-refractivity contribution is 0.0912. The van der Waals surface area contributed by atoms with Crippen LogP contribution in [0.5, 0.6) is 5.75 Å². The van der Waals surface area contributed by atoms with Crippen molar-refractivity contribution >= 4 is 40.8 Å². The Kier molecular flexibility index (Phi) is 8.45. The van der Waals surface area contributed by atoms with E-state index < -0.39 is 0 Å². The van der Waals surface area contributed by atoms with Gasteiger partial charge in [-0.2, -0.15) is 5.10 Å². The molecule has 38 heavy (non-hydrogen) atoms. The van der Waals surface area contributed by atoms with Crippen molar-refractivity contribution in [3.8, 4) is 11.4 Å². The SMILES string of the molecule is COc1ccc(C=C2CCCCc3c(C(=O)N[C@H](C)C4CCCCC4)nn(-c4ccc(Cl)cc4Cl)c32)cc1. The Morgan fingerprint density at radius 3 is 2.50 bits per heavy atom. The van der Waals surface area contributed by atoms with Crippen molar-refractivity contribution in [1.82, 2.24) is 15.1 Å². The van der Waals surface area contributed by atoms with Crippen LogP contribution in [0.4, 0.5) is 0 Å². The van der Waals surface area contributed by atoms with Crippen LogP contribution in [0.2, 0.25) is 10.0 Å². The third kappa shape index (κ3) is 5.79. The molecule has 0 saturated heterocycles. The Morgan fingerprint density at radius 2 is 1.79 bits per heavy atom. The van der Waals surface area contributed by atoms with Crippen LogP contribution in [0.25, 0.3) is 17.3 Å². The molecule has 0 aliphatic heterocycles. The molecular weight excluding hydrogens is 517 g/mol. The molecule has 1 saturated carbocycles. The second-order valence-corrected chi connectivity index (χ2v) is 11.3. The summed E-state index contributed by atoms with van der Waals surface area (Å²) in [6.07, 6.45) is 12.0. The largest absolute Gasteiger partial charge is 0.497 e. The van der Waals surface area contributed by atoms with Gasteiger partial charge in [0.15, 0.2) is 5.69 Å². The van der Waals surface area contributed by atoms with E-state index in [9.17, 15) is 4.79 Å². The maximum atomic E-state index is 13.7. The van der Waals surface area contributed by atoms with E-state index in [1.807, 2.05) is 41.1 Å². The molecule has 0 radical (unpaired) electrons. The number of hydrogen-bond donors (Lipinski definition) is 1. The highest BCUT2D eigenvalue weighted by atomic mass is 35.5. The molecule has 1 N–H and O–H groups in total. The fourth-order valence-corrected chi connectivity index (χ4v) is 6.32. The summed E-state index contributed by atoms with van der Waals surface area (Å²) < 4.78 is 7.19. The van der Waals surface area contributed by atoms with Gasteiger partial charge < -0.3 is 10.1 Å². The summed E-state index contributed by atoms with van der Waals surface area (Å²) >= 11 is 12.9. The van der Waals surface area contributed by atoms with Gasteiger partial charge in [-0.15, -0.1) is 0 Å². The van der Waals surface area contributed by atoms with Crippen LogP contribution in [0.3, 0.4) is 0 Å². The van der Waals surface area contributed by atoms with E-state index in [0.29, 0.717) is 27.3 Å². The van der Waals surface area contributed by atoms with Crippen molar-refractivity contribution in [1.29, 1.82) is 0 Å². The van der Waals surface area contributed by atoms with Gasteiger partial charge in [0, 0.05) is 16.6 Å². The lowest BCUT2D eigenvalue weighted by atomic mass is 9.84. The minimum absolute atomic E-state index is 0.103. The maximum absolute atomic E-state index is 13.7. The quantitative estimate of drug-likeness (QED) is 0.314. The second kappa shape index (κ2) is 12.0. The monoisotopic (exact) mass is 551 g/mol. The molecule has 5 nitrogen and oxygen atoms in total. The predicted octanol–water partition coefficient (Wildman–Crippen LogP) is 8.15. The van der Waals surface area contributed by atoms with E-state index >= 15 is 0 Å². The van der Waals surface area contributed by atoms with Crippen LogP contribution in [-0.2, 0) is 6.42 Å². The lowest BCUT2D eigenvalue weighted by Crippen LogP contribution is -2.39. The summed E-state index contributed by atoms with van der Waals surface area (Å²) in [5, 5.41) is 9.29. The first-order valence-electron chi connectivity index (χ1n) is 13.7. The first-order chi connectivity index (χ1) is 18.4. The summed E-state index contributed by atoms with van der Waals surface area (Å²) in [4.78, 5) is 13.7. The number of aromatic nitrogens is 2. The highest BCUT2D eigenvalue weighted by molar-refractivity contribution is 6.35. The summed E-state index contributed by atoms with van der Waals surface area (Å²) in [5.74, 6) is 1.23. The van der Waals surface area contributed by atoms with Gasteiger partial charge in [-0.3, -0.25) is 4.79 Å². The number of nitrogens with zero attached hydrogens (tertiary/aromatic N) is 2. The Labute approximate surface area is 235 Å². The molecule has 1 amide bonds. The molecule has 1 aromatic heterocycles. The molecule has 7 heteroatoms. The smallest absolute Gasteiger partial charge is 0.272 e. The van der Waals surface area contributed by atoms with Gasteiger partial charge in [0.05, 0.1) is 23.5 Å². The summed E-state index contributed by atoms with van der Waals surface area (Å²) in [6.45, 7) is 2.13. The Bertz CT molecular complexity index is 1320. The topological polar surface area (TPSA) is 56.1 Å². The van der Waals surface area contributed by atoms with Crippen molar-refractivity contribution in [2.75, 3.05) is 7.11 Å². The number of benzene rings is 2. The Balaban J connectivity index is 1.59. The molecule has 1 atom stereocenters. The summed E-state index contributed by atoms with van der Waals surface area (Å²) in [6, 6.07) is 13.5. The molecular formula is C31H35Cl2N3O2. The van der Waals surface area contributed by atoms with Crippen molar-refractivity contribution in [2.45, 2.75) is 70.8 Å². The average Bonchev–Trinajstić information content (AvgIpc) is 3.18. The van der Waals surface area contributed by atoms with E-state index in [0.717, 1.165) is 53.8 Å². The normalized spacial score (nSPS) is 18.1. The molecule has 1 fully saturated rings. The van der Waals surface area contributed by atoms with Crippen LogP contribution in [-0.4, -0.2) is 28.8 Å². The Morgan fingerprint density at radius 1 is 1.05 bits per heavy atom. The highest BCUT2D eigenvalue weighted by Gasteiger charge is 2.30. The third-order valence-electron chi connectivity index (χ3n) is 7.94. The number of hydrogen-bond acceptors (Lipinski definition) is 3. The van der Waals surface area contributed by atoms with Gasteiger partial charge in [0.2, 0.25) is 0 Å². The maximum Gasteiger partial charge on any atom is 0.272 e. The predicted molar refractivity (Wildman–Crippen MR) is 156 cm³/mol. The van der Waals surface area contributed by atoms with E-state index in [-0.39, 0.29) is 11.9 Å². The van der Waals surface area contributed by atoms with Gasteiger partial charge in [0.25, 0.3) is 5.91 Å². The van der Waals surface area contributed by atoms with E-state index in [2.05, 4.69) is 18.3 Å². The molecule has 2 aliphatic rings. The number of fused-ring (bicyclic) bond motifs is 1. The fourth-order valence-electron chi connectivity index (χ4n) is 5.83. The molecule has 1 heterocycles. The van der Waals surface area contributed by atoms with Crippen molar-refractivity contribution in [2.24, 2.45) is 5.92 Å². The minimum atomic E-state index is -0.103. The summed E-state index contributed by atoms with van der Waals surface area (Å²) in [5.41, 5.74) is 5.37. The standard InChI is InChI=1S/C31H35Cl2N3O2/c1-20(22-8-4-3-5-9-22)34-31(37)29-26-11-7-6-10-23(18-21-12-15-25(38-2)16-13-21)30(26)36(35-29)28-17-14-24(32)19-27(28)33/h12-20,22H,3-11H2,1-2H3,(H,34,37)/t20-/m1/s1. The van der Waals surface area contributed by atoms with Crippen molar-refractivity contribution in [3.63, 3.8) is 0 Å². The van der Waals surface area contributed by atoms with Crippen molar-refractivity contribution in [3.05, 3.63) is 75.0 Å². The molecule has 0 spiro atoms. The number of carbonyl (C=O) groups excluding carboxylic acids is 1. The lowest BCUT2D eigenvalue weighted by Gasteiger charge is -2.28. The molecule has 0 unspecified atom stereocenters. The highest BCUT2D eigenvalue weighted by Crippen LogP contribution is 2.37.